The molecule has 3 aromatic rings. The van der Waals surface area contributed by atoms with E-state index in [-0.39, 0.29) is 22.8 Å². The van der Waals surface area contributed by atoms with Gasteiger partial charge >= 0.3 is 5.69 Å². The van der Waals surface area contributed by atoms with Crippen molar-refractivity contribution in [3.05, 3.63) is 76.3 Å². The maximum absolute atomic E-state index is 12.9. The van der Waals surface area contributed by atoms with Crippen LogP contribution in [0.3, 0.4) is 0 Å². The van der Waals surface area contributed by atoms with E-state index in [0.717, 1.165) is 11.1 Å². The minimum Gasteiger partial charge on any atom is -0.493 e. The van der Waals surface area contributed by atoms with E-state index in [1.165, 1.54) is 27.4 Å². The summed E-state index contributed by atoms with van der Waals surface area (Å²) in [4.78, 5) is 23.9. The van der Waals surface area contributed by atoms with Crippen molar-refractivity contribution in [1.82, 2.24) is 0 Å². The van der Waals surface area contributed by atoms with E-state index in [9.17, 15) is 14.9 Å². The van der Waals surface area contributed by atoms with Gasteiger partial charge in [-0.1, -0.05) is 42.5 Å². The molecule has 0 bridgehead atoms. The van der Waals surface area contributed by atoms with Gasteiger partial charge in [-0.15, -0.1) is 0 Å². The van der Waals surface area contributed by atoms with Gasteiger partial charge in [0.05, 0.1) is 26.3 Å². The molecule has 1 amide bonds. The number of nitrogens with one attached hydrogen (secondary N) is 1. The zero-order valence-electron chi connectivity index (χ0n) is 16.7. The van der Waals surface area contributed by atoms with E-state index >= 15 is 0 Å². The highest BCUT2D eigenvalue weighted by atomic mass is 16.6. The van der Waals surface area contributed by atoms with Gasteiger partial charge < -0.3 is 19.5 Å². The quantitative estimate of drug-likeness (QED) is 0.455. The predicted molar refractivity (Wildman–Crippen MR) is 113 cm³/mol. The van der Waals surface area contributed by atoms with Crippen LogP contribution in [0.1, 0.15) is 10.4 Å². The summed E-state index contributed by atoms with van der Waals surface area (Å²) in [5, 5.41) is 14.4. The van der Waals surface area contributed by atoms with Gasteiger partial charge in [-0.3, -0.25) is 14.9 Å². The van der Waals surface area contributed by atoms with Gasteiger partial charge in [-0.2, -0.15) is 0 Å². The summed E-state index contributed by atoms with van der Waals surface area (Å²) in [5.74, 6) is -0.681. The van der Waals surface area contributed by atoms with Crippen molar-refractivity contribution >= 4 is 17.3 Å². The van der Waals surface area contributed by atoms with Gasteiger partial charge in [0.25, 0.3) is 5.91 Å². The number of hydrogen-bond acceptors (Lipinski definition) is 6. The Morgan fingerprint density at radius 2 is 1.47 bits per heavy atom. The monoisotopic (exact) mass is 408 g/mol. The molecule has 0 unspecified atom stereocenters. The highest BCUT2D eigenvalue weighted by Crippen LogP contribution is 2.46. The first-order valence-electron chi connectivity index (χ1n) is 8.94. The topological polar surface area (TPSA) is 99.9 Å². The number of rotatable bonds is 7. The summed E-state index contributed by atoms with van der Waals surface area (Å²) in [6, 6.07) is 18.2. The minimum atomic E-state index is -0.686. The summed E-state index contributed by atoms with van der Waals surface area (Å²) in [6.45, 7) is 0. The number of methoxy groups -OCH3 is 3. The van der Waals surface area contributed by atoms with Crippen molar-refractivity contribution < 1.29 is 23.9 Å². The van der Waals surface area contributed by atoms with Gasteiger partial charge in [-0.05, 0) is 23.3 Å². The Labute approximate surface area is 173 Å². The lowest BCUT2D eigenvalue weighted by Gasteiger charge is -2.15. The van der Waals surface area contributed by atoms with Gasteiger partial charge in [0.1, 0.15) is 5.56 Å². The average Bonchev–Trinajstić information content (AvgIpc) is 2.78. The predicted octanol–water partition coefficient (Wildman–Crippen LogP) is 4.54. The zero-order valence-corrected chi connectivity index (χ0v) is 16.7. The molecule has 154 valence electrons. The SMILES string of the molecule is COc1cc(C(=O)Nc2ccc(-c3ccccc3)cc2)c([N+](=O)[O-])c(OC)c1OC. The second kappa shape index (κ2) is 8.95. The van der Waals surface area contributed by atoms with Crippen molar-refractivity contribution in [2.45, 2.75) is 0 Å². The molecule has 1 N–H and O–H groups in total. The van der Waals surface area contributed by atoms with Crippen LogP contribution < -0.4 is 19.5 Å². The van der Waals surface area contributed by atoms with E-state index in [1.807, 2.05) is 42.5 Å². The number of nitro benzene ring substituents is 1. The van der Waals surface area contributed by atoms with Gasteiger partial charge in [0.15, 0.2) is 5.75 Å². The third kappa shape index (κ3) is 4.02. The minimum absolute atomic E-state index is 0.0375. The molecule has 0 spiro atoms. The lowest BCUT2D eigenvalue weighted by molar-refractivity contribution is -0.386. The number of carbonyl (C=O) groups excluding carboxylic acids is 1. The zero-order chi connectivity index (χ0) is 21.7. The molecule has 8 heteroatoms. The number of ether oxygens (including phenoxy) is 3. The van der Waals surface area contributed by atoms with Crippen LogP contribution in [-0.2, 0) is 0 Å². The van der Waals surface area contributed by atoms with Gasteiger partial charge in [0, 0.05) is 11.8 Å². The van der Waals surface area contributed by atoms with E-state index in [0.29, 0.717) is 5.69 Å². The Hall–Kier alpha value is -4.07. The molecule has 0 aliphatic heterocycles. The highest BCUT2D eigenvalue weighted by molar-refractivity contribution is 6.08. The van der Waals surface area contributed by atoms with Gasteiger partial charge in [-0.25, -0.2) is 0 Å². The Balaban J connectivity index is 1.96. The molecule has 0 aliphatic carbocycles. The number of nitrogens with zero attached hydrogens (tertiary/aromatic N) is 1. The van der Waals surface area contributed by atoms with E-state index in [4.69, 9.17) is 14.2 Å². The summed E-state index contributed by atoms with van der Waals surface area (Å²) >= 11 is 0. The molecule has 0 aliphatic rings. The summed E-state index contributed by atoms with van der Waals surface area (Å²) in [7, 11) is 3.96. The molecular weight excluding hydrogens is 388 g/mol. The largest absolute Gasteiger partial charge is 0.493 e. The summed E-state index contributed by atoms with van der Waals surface area (Å²) < 4.78 is 15.5. The second-order valence-corrected chi connectivity index (χ2v) is 6.20. The molecule has 0 saturated carbocycles. The Bertz CT molecular complexity index is 1070. The van der Waals surface area contributed by atoms with Gasteiger partial charge in [0.2, 0.25) is 11.5 Å². The average molecular weight is 408 g/mol. The Kier molecular flexibility index (Phi) is 6.17. The number of anilines is 1. The molecule has 0 fully saturated rings. The fourth-order valence-electron chi connectivity index (χ4n) is 3.07. The fraction of sp³-hybridized carbons (Fsp3) is 0.136. The molecule has 30 heavy (non-hydrogen) atoms. The highest BCUT2D eigenvalue weighted by Gasteiger charge is 2.32. The van der Waals surface area contributed by atoms with Crippen LogP contribution in [0, 0.1) is 10.1 Å². The van der Waals surface area contributed by atoms with Crippen LogP contribution in [0.4, 0.5) is 11.4 Å². The normalized spacial score (nSPS) is 10.2. The first kappa shape index (κ1) is 20.7. The van der Waals surface area contributed by atoms with E-state index in [1.54, 1.807) is 12.1 Å². The number of hydrogen-bond donors (Lipinski definition) is 1. The van der Waals surface area contributed by atoms with Crippen LogP contribution in [0.15, 0.2) is 60.7 Å². The second-order valence-electron chi connectivity index (χ2n) is 6.20. The van der Waals surface area contributed by atoms with Crippen LogP contribution in [0.5, 0.6) is 17.2 Å². The maximum atomic E-state index is 12.9. The molecule has 0 aromatic heterocycles. The van der Waals surface area contributed by atoms with Crippen molar-refractivity contribution in [2.75, 3.05) is 26.6 Å². The number of benzene rings is 3. The van der Waals surface area contributed by atoms with Crippen LogP contribution in [0.25, 0.3) is 11.1 Å². The summed E-state index contributed by atoms with van der Waals surface area (Å²) in [5.41, 5.74) is 1.79. The van der Waals surface area contributed by atoms with Crippen LogP contribution in [-0.4, -0.2) is 32.2 Å². The molecular formula is C22H20N2O6. The maximum Gasteiger partial charge on any atom is 0.327 e. The van der Waals surface area contributed by atoms with E-state index < -0.39 is 16.5 Å². The van der Waals surface area contributed by atoms with E-state index in [2.05, 4.69) is 5.32 Å². The molecule has 0 radical (unpaired) electrons. The number of nitro groups is 1. The number of carbonyl (C=O) groups is 1. The third-order valence-corrected chi connectivity index (χ3v) is 4.48. The molecule has 0 heterocycles. The van der Waals surface area contributed by atoms with Crippen LogP contribution >= 0.6 is 0 Å². The van der Waals surface area contributed by atoms with Crippen molar-refractivity contribution in [3.8, 4) is 28.4 Å². The molecule has 3 aromatic carbocycles. The standard InChI is InChI=1S/C22H20N2O6/c1-28-18-13-17(19(24(26)27)21(30-3)20(18)29-2)22(25)23-16-11-9-15(10-12-16)14-7-5-4-6-8-14/h4-13H,1-3H3,(H,23,25). The Morgan fingerprint density at radius 3 is 2.00 bits per heavy atom. The first-order chi connectivity index (χ1) is 14.5. The summed E-state index contributed by atoms with van der Waals surface area (Å²) in [6.07, 6.45) is 0. The lowest BCUT2D eigenvalue weighted by Crippen LogP contribution is -2.15. The number of amides is 1. The molecule has 0 atom stereocenters. The van der Waals surface area contributed by atoms with Crippen molar-refractivity contribution in [1.29, 1.82) is 0 Å². The van der Waals surface area contributed by atoms with Crippen LogP contribution in [0.2, 0.25) is 0 Å². The first-order valence-corrected chi connectivity index (χ1v) is 8.94. The molecule has 0 saturated heterocycles. The van der Waals surface area contributed by atoms with Crippen molar-refractivity contribution in [2.24, 2.45) is 0 Å². The molecule has 8 nitrogen and oxygen atoms in total. The van der Waals surface area contributed by atoms with Crippen molar-refractivity contribution in [3.63, 3.8) is 0 Å². The lowest BCUT2D eigenvalue weighted by atomic mass is 10.1. The smallest absolute Gasteiger partial charge is 0.327 e. The fourth-order valence-corrected chi connectivity index (χ4v) is 3.07. The Morgan fingerprint density at radius 1 is 0.867 bits per heavy atom. The molecule has 3 rings (SSSR count). The third-order valence-electron chi connectivity index (χ3n) is 4.48.